The summed E-state index contributed by atoms with van der Waals surface area (Å²) in [6, 6.07) is 16.1. The van der Waals surface area contributed by atoms with Crippen molar-refractivity contribution in [2.45, 2.75) is 20.8 Å². The molecular formula is C21H26ClN3. The summed E-state index contributed by atoms with van der Waals surface area (Å²) >= 11 is 6.25. The average Bonchev–Trinajstić information content (AvgIpc) is 2.60. The van der Waals surface area contributed by atoms with E-state index in [4.69, 9.17) is 16.7 Å². The predicted molar refractivity (Wildman–Crippen MR) is 111 cm³/mol. The van der Waals surface area contributed by atoms with Gasteiger partial charge in [-0.1, -0.05) is 41.4 Å². The summed E-state index contributed by atoms with van der Waals surface area (Å²) in [6.07, 6.45) is 2.21. The van der Waals surface area contributed by atoms with Crippen molar-refractivity contribution in [3.8, 4) is 0 Å². The van der Waals surface area contributed by atoms with Crippen LogP contribution in [0.25, 0.3) is 0 Å². The second-order valence-electron chi connectivity index (χ2n) is 6.37. The van der Waals surface area contributed by atoms with E-state index in [9.17, 15) is 0 Å². The largest absolute Gasteiger partial charge is 0.370 e. The summed E-state index contributed by atoms with van der Waals surface area (Å²) in [6.45, 7) is 7.08. The van der Waals surface area contributed by atoms with Gasteiger partial charge in [0.25, 0.3) is 0 Å². The van der Waals surface area contributed by atoms with Gasteiger partial charge in [0.1, 0.15) is 0 Å². The Morgan fingerprint density at radius 2 is 1.72 bits per heavy atom. The third kappa shape index (κ3) is 5.36. The summed E-state index contributed by atoms with van der Waals surface area (Å²) in [7, 11) is 4.04. The van der Waals surface area contributed by atoms with Crippen LogP contribution in [0.15, 0.2) is 65.3 Å². The number of benzene rings is 2. The van der Waals surface area contributed by atoms with E-state index >= 15 is 0 Å². The second-order valence-corrected chi connectivity index (χ2v) is 6.80. The third-order valence-electron chi connectivity index (χ3n) is 3.96. The van der Waals surface area contributed by atoms with Crippen molar-refractivity contribution in [3.05, 3.63) is 70.8 Å². The van der Waals surface area contributed by atoms with Crippen LogP contribution in [0.3, 0.4) is 0 Å². The molecule has 4 heteroatoms. The van der Waals surface area contributed by atoms with Gasteiger partial charge >= 0.3 is 0 Å². The van der Waals surface area contributed by atoms with Crippen LogP contribution in [0.5, 0.6) is 0 Å². The molecule has 0 radical (unpaired) electrons. The smallest absolute Gasteiger partial charge is 0.0672 e. The van der Waals surface area contributed by atoms with Crippen LogP contribution in [0.1, 0.15) is 26.3 Å². The molecule has 0 amide bonds. The first-order valence-corrected chi connectivity index (χ1v) is 8.74. The van der Waals surface area contributed by atoms with Gasteiger partial charge in [0.2, 0.25) is 0 Å². The molecule has 0 aliphatic heterocycles. The average molecular weight is 356 g/mol. The van der Waals surface area contributed by atoms with Crippen molar-refractivity contribution in [3.63, 3.8) is 0 Å². The number of hydrazone groups is 1. The maximum Gasteiger partial charge on any atom is 0.0672 e. The van der Waals surface area contributed by atoms with Gasteiger partial charge in [-0.3, -0.25) is 5.01 Å². The molecule has 0 unspecified atom stereocenters. The molecule has 2 aromatic carbocycles. The summed E-state index contributed by atoms with van der Waals surface area (Å²) < 4.78 is 0. The number of rotatable bonds is 6. The molecule has 25 heavy (non-hydrogen) atoms. The first-order valence-electron chi connectivity index (χ1n) is 8.37. The molecular weight excluding hydrogens is 330 g/mol. The zero-order valence-electron chi connectivity index (χ0n) is 15.6. The highest BCUT2D eigenvalue weighted by Crippen LogP contribution is 2.25. The zero-order valence-corrected chi connectivity index (χ0v) is 16.4. The minimum absolute atomic E-state index is 0.714. The number of hydrogen-bond acceptors (Lipinski definition) is 3. The normalized spacial score (nSPS) is 11.2. The Hall–Kier alpha value is -2.26. The van der Waals surface area contributed by atoms with Crippen LogP contribution in [-0.2, 0) is 0 Å². The first kappa shape index (κ1) is 19.1. The topological polar surface area (TPSA) is 18.8 Å². The molecule has 0 aliphatic rings. The van der Waals surface area contributed by atoms with Gasteiger partial charge in [0.05, 0.1) is 11.4 Å². The molecule has 0 saturated carbocycles. The number of halogens is 1. The van der Waals surface area contributed by atoms with Crippen molar-refractivity contribution in [2.24, 2.45) is 5.10 Å². The number of nitrogens with zero attached hydrogens (tertiary/aromatic N) is 3. The maximum absolute atomic E-state index is 6.25. The molecule has 3 nitrogen and oxygen atoms in total. The van der Waals surface area contributed by atoms with Gasteiger partial charge in [-0.05, 0) is 51.1 Å². The Balaban J connectivity index is 2.35. The number of likely N-dealkylation sites (N-methyl/N-ethyl adjacent to an activating group) is 1. The van der Waals surface area contributed by atoms with Gasteiger partial charge in [0, 0.05) is 36.9 Å². The first-order chi connectivity index (χ1) is 11.9. The Morgan fingerprint density at radius 3 is 2.36 bits per heavy atom. The molecule has 0 bridgehead atoms. The lowest BCUT2D eigenvalue weighted by Gasteiger charge is -2.22. The van der Waals surface area contributed by atoms with Gasteiger partial charge in [-0.25, -0.2) is 0 Å². The highest BCUT2D eigenvalue weighted by atomic mass is 35.5. The maximum atomic E-state index is 6.25. The summed E-state index contributed by atoms with van der Waals surface area (Å²) in [5.41, 5.74) is 5.43. The van der Waals surface area contributed by atoms with E-state index in [2.05, 4.69) is 37.9 Å². The van der Waals surface area contributed by atoms with Crippen molar-refractivity contribution in [1.29, 1.82) is 0 Å². The highest BCUT2D eigenvalue weighted by molar-refractivity contribution is 6.31. The number of hydrogen-bond donors (Lipinski definition) is 0. The molecule has 2 aromatic rings. The molecule has 0 aromatic heterocycles. The Bertz CT molecular complexity index is 762. The summed E-state index contributed by atoms with van der Waals surface area (Å²) in [4.78, 5) is 2.21. The van der Waals surface area contributed by atoms with Crippen molar-refractivity contribution >= 4 is 28.7 Å². The molecule has 0 fully saturated rings. The lowest BCUT2D eigenvalue weighted by atomic mass is 10.1. The minimum atomic E-state index is 0.714. The van der Waals surface area contributed by atoms with Crippen LogP contribution in [0.4, 0.5) is 11.4 Å². The highest BCUT2D eigenvalue weighted by Gasteiger charge is 2.11. The molecule has 0 atom stereocenters. The molecule has 0 heterocycles. The van der Waals surface area contributed by atoms with Crippen LogP contribution in [-0.4, -0.2) is 26.4 Å². The monoisotopic (exact) mass is 355 g/mol. The van der Waals surface area contributed by atoms with E-state index < -0.39 is 0 Å². The Kier molecular flexibility index (Phi) is 6.65. The quantitative estimate of drug-likeness (QED) is 0.381. The van der Waals surface area contributed by atoms with Gasteiger partial charge < -0.3 is 4.90 Å². The molecule has 0 spiro atoms. The summed E-state index contributed by atoms with van der Waals surface area (Å²) in [5.74, 6) is 0. The molecule has 0 aliphatic carbocycles. The molecule has 0 saturated heterocycles. The standard InChI is InChI=1S/C21H26ClN3/c1-16(2)13-14-24(4)21-12-11-18(22)15-20(21)17(3)23-25(5)19-9-7-6-8-10-19/h6-13,15H,14H2,1-5H3/b23-17-. The predicted octanol–water partition coefficient (Wildman–Crippen LogP) is 5.60. The van der Waals surface area contributed by atoms with E-state index in [0.717, 1.165) is 29.2 Å². The lowest BCUT2D eigenvalue weighted by Crippen LogP contribution is -2.21. The SMILES string of the molecule is CC(C)=CCN(C)c1ccc(Cl)cc1/C(C)=N\N(C)c1ccccc1. The zero-order chi connectivity index (χ0) is 18.4. The fourth-order valence-corrected chi connectivity index (χ4v) is 2.70. The van der Waals surface area contributed by atoms with E-state index in [1.54, 1.807) is 0 Å². The molecule has 2 rings (SSSR count). The van der Waals surface area contributed by atoms with Crippen LogP contribution in [0.2, 0.25) is 5.02 Å². The van der Waals surface area contributed by atoms with Crippen LogP contribution < -0.4 is 9.91 Å². The number of allylic oxidation sites excluding steroid dienone is 1. The molecule has 0 N–H and O–H groups in total. The van der Waals surface area contributed by atoms with Gasteiger partial charge in [-0.15, -0.1) is 0 Å². The fraction of sp³-hybridized carbons (Fsp3) is 0.286. The van der Waals surface area contributed by atoms with E-state index in [0.29, 0.717) is 5.02 Å². The van der Waals surface area contributed by atoms with Crippen molar-refractivity contribution < 1.29 is 0 Å². The van der Waals surface area contributed by atoms with Crippen LogP contribution >= 0.6 is 11.6 Å². The number of anilines is 2. The van der Waals surface area contributed by atoms with Crippen molar-refractivity contribution in [2.75, 3.05) is 30.5 Å². The van der Waals surface area contributed by atoms with E-state index in [-0.39, 0.29) is 0 Å². The summed E-state index contributed by atoms with van der Waals surface area (Å²) in [5, 5.41) is 7.35. The van der Waals surface area contributed by atoms with Crippen LogP contribution in [0, 0.1) is 0 Å². The Labute approximate surface area is 156 Å². The Morgan fingerprint density at radius 1 is 1.04 bits per heavy atom. The van der Waals surface area contributed by atoms with Crippen molar-refractivity contribution in [1.82, 2.24) is 0 Å². The van der Waals surface area contributed by atoms with E-state index in [1.807, 2.05) is 61.4 Å². The third-order valence-corrected chi connectivity index (χ3v) is 4.20. The van der Waals surface area contributed by atoms with E-state index in [1.165, 1.54) is 5.57 Å². The second kappa shape index (κ2) is 8.72. The minimum Gasteiger partial charge on any atom is -0.370 e. The van der Waals surface area contributed by atoms with Gasteiger partial charge in [0.15, 0.2) is 0 Å². The fourth-order valence-electron chi connectivity index (χ4n) is 2.53. The van der Waals surface area contributed by atoms with Gasteiger partial charge in [-0.2, -0.15) is 5.10 Å². The lowest BCUT2D eigenvalue weighted by molar-refractivity contribution is 1.00. The number of para-hydroxylation sites is 1. The molecule has 132 valence electrons.